The third kappa shape index (κ3) is 1.45. The molecular weight excluding hydrogens is 160 g/mol. The first-order valence-corrected chi connectivity index (χ1v) is 4.04. The SMILES string of the molecule is N#CC=Cc1cc2ccccc2[nH]1. The van der Waals surface area contributed by atoms with Crippen LogP contribution in [0.2, 0.25) is 0 Å². The maximum Gasteiger partial charge on any atom is 0.0912 e. The lowest BCUT2D eigenvalue weighted by atomic mass is 10.2. The molecule has 0 radical (unpaired) electrons. The Morgan fingerprint density at radius 1 is 1.31 bits per heavy atom. The molecule has 0 saturated heterocycles. The summed E-state index contributed by atoms with van der Waals surface area (Å²) in [4.78, 5) is 3.19. The molecule has 62 valence electrons. The maximum absolute atomic E-state index is 8.35. The Morgan fingerprint density at radius 2 is 2.15 bits per heavy atom. The summed E-state index contributed by atoms with van der Waals surface area (Å²) >= 11 is 0. The molecular formula is C11H8N2. The molecule has 13 heavy (non-hydrogen) atoms. The highest BCUT2D eigenvalue weighted by Gasteiger charge is 1.94. The van der Waals surface area contributed by atoms with Gasteiger partial charge in [0.1, 0.15) is 0 Å². The van der Waals surface area contributed by atoms with Gasteiger partial charge in [-0.2, -0.15) is 5.26 Å². The number of hydrogen-bond donors (Lipinski definition) is 1. The van der Waals surface area contributed by atoms with Crippen molar-refractivity contribution in [3.63, 3.8) is 0 Å². The monoisotopic (exact) mass is 168 g/mol. The Kier molecular flexibility index (Phi) is 1.85. The molecule has 2 aromatic rings. The lowest BCUT2D eigenvalue weighted by molar-refractivity contribution is 1.43. The van der Waals surface area contributed by atoms with Crippen molar-refractivity contribution in [1.29, 1.82) is 5.26 Å². The molecule has 2 rings (SSSR count). The van der Waals surface area contributed by atoms with E-state index in [1.807, 2.05) is 36.4 Å². The van der Waals surface area contributed by atoms with Gasteiger partial charge in [-0.05, 0) is 23.6 Å². The number of benzene rings is 1. The van der Waals surface area contributed by atoms with Gasteiger partial charge in [-0.1, -0.05) is 18.2 Å². The summed E-state index contributed by atoms with van der Waals surface area (Å²) < 4.78 is 0. The zero-order valence-corrected chi connectivity index (χ0v) is 6.99. The van der Waals surface area contributed by atoms with E-state index in [0.29, 0.717) is 0 Å². The lowest BCUT2D eigenvalue weighted by Gasteiger charge is -1.83. The summed E-state index contributed by atoms with van der Waals surface area (Å²) in [7, 11) is 0. The number of aromatic amines is 1. The molecule has 0 spiro atoms. The summed E-state index contributed by atoms with van der Waals surface area (Å²) in [5, 5.41) is 9.52. The molecule has 0 saturated carbocycles. The molecule has 0 bridgehead atoms. The van der Waals surface area contributed by atoms with E-state index in [0.717, 1.165) is 11.2 Å². The van der Waals surface area contributed by atoms with E-state index in [-0.39, 0.29) is 0 Å². The second kappa shape index (κ2) is 3.16. The van der Waals surface area contributed by atoms with E-state index in [1.165, 1.54) is 11.5 Å². The topological polar surface area (TPSA) is 39.6 Å². The van der Waals surface area contributed by atoms with Crippen LogP contribution in [0.4, 0.5) is 0 Å². The average molecular weight is 168 g/mol. The van der Waals surface area contributed by atoms with Gasteiger partial charge in [-0.3, -0.25) is 0 Å². The number of aromatic nitrogens is 1. The maximum atomic E-state index is 8.35. The third-order valence-corrected chi connectivity index (χ3v) is 1.89. The number of nitrogens with zero attached hydrogens (tertiary/aromatic N) is 1. The quantitative estimate of drug-likeness (QED) is 0.653. The minimum atomic E-state index is 0.961. The smallest absolute Gasteiger partial charge is 0.0912 e. The predicted octanol–water partition coefficient (Wildman–Crippen LogP) is 2.70. The van der Waals surface area contributed by atoms with Crippen LogP contribution in [-0.4, -0.2) is 4.98 Å². The fraction of sp³-hybridized carbons (Fsp3) is 0. The number of allylic oxidation sites excluding steroid dienone is 1. The number of nitrogens with one attached hydrogen (secondary N) is 1. The summed E-state index contributed by atoms with van der Waals surface area (Å²) in [6, 6.07) is 12.0. The predicted molar refractivity (Wildman–Crippen MR) is 52.9 cm³/mol. The number of fused-ring (bicyclic) bond motifs is 1. The van der Waals surface area contributed by atoms with Gasteiger partial charge in [-0.25, -0.2) is 0 Å². The van der Waals surface area contributed by atoms with Gasteiger partial charge >= 0.3 is 0 Å². The van der Waals surface area contributed by atoms with Crippen molar-refractivity contribution in [3.05, 3.63) is 42.1 Å². The van der Waals surface area contributed by atoms with Crippen LogP contribution in [0, 0.1) is 11.3 Å². The van der Waals surface area contributed by atoms with E-state index in [9.17, 15) is 0 Å². The molecule has 1 heterocycles. The van der Waals surface area contributed by atoms with E-state index < -0.39 is 0 Å². The van der Waals surface area contributed by atoms with Crippen molar-refractivity contribution in [2.45, 2.75) is 0 Å². The highest BCUT2D eigenvalue weighted by Crippen LogP contribution is 2.15. The largest absolute Gasteiger partial charge is 0.355 e. The van der Waals surface area contributed by atoms with Crippen LogP contribution in [0.15, 0.2) is 36.4 Å². The molecule has 0 aliphatic carbocycles. The van der Waals surface area contributed by atoms with Gasteiger partial charge < -0.3 is 4.98 Å². The van der Waals surface area contributed by atoms with Crippen LogP contribution in [0.25, 0.3) is 17.0 Å². The molecule has 0 amide bonds. The summed E-state index contributed by atoms with van der Waals surface area (Å²) in [5.74, 6) is 0. The molecule has 0 fully saturated rings. The Balaban J connectivity index is 2.51. The second-order valence-corrected chi connectivity index (χ2v) is 2.77. The van der Waals surface area contributed by atoms with E-state index in [4.69, 9.17) is 5.26 Å². The van der Waals surface area contributed by atoms with Crippen molar-refractivity contribution in [1.82, 2.24) is 4.98 Å². The van der Waals surface area contributed by atoms with E-state index in [1.54, 1.807) is 6.08 Å². The molecule has 0 unspecified atom stereocenters. The highest BCUT2D eigenvalue weighted by atomic mass is 14.7. The molecule has 0 aliphatic heterocycles. The average Bonchev–Trinajstić information content (AvgIpc) is 2.57. The molecule has 0 aliphatic rings. The van der Waals surface area contributed by atoms with Gasteiger partial charge in [0.25, 0.3) is 0 Å². The van der Waals surface area contributed by atoms with Gasteiger partial charge in [0, 0.05) is 17.3 Å². The third-order valence-electron chi connectivity index (χ3n) is 1.89. The van der Waals surface area contributed by atoms with Crippen LogP contribution in [0.3, 0.4) is 0 Å². The number of nitriles is 1. The molecule has 0 atom stereocenters. The Bertz CT molecular complexity index is 453. The van der Waals surface area contributed by atoms with Crippen molar-refractivity contribution in [2.24, 2.45) is 0 Å². The van der Waals surface area contributed by atoms with Crippen LogP contribution < -0.4 is 0 Å². The zero-order valence-electron chi connectivity index (χ0n) is 6.99. The van der Waals surface area contributed by atoms with E-state index >= 15 is 0 Å². The Hall–Kier alpha value is -2.01. The fourth-order valence-electron chi connectivity index (χ4n) is 1.31. The minimum absolute atomic E-state index is 0.961. The lowest BCUT2D eigenvalue weighted by Crippen LogP contribution is -1.67. The number of hydrogen-bond acceptors (Lipinski definition) is 1. The highest BCUT2D eigenvalue weighted by molar-refractivity contribution is 5.82. The van der Waals surface area contributed by atoms with Crippen molar-refractivity contribution in [2.75, 3.05) is 0 Å². The first kappa shape index (κ1) is 7.63. The van der Waals surface area contributed by atoms with Crippen LogP contribution >= 0.6 is 0 Å². The molecule has 2 heteroatoms. The van der Waals surface area contributed by atoms with Gasteiger partial charge in [0.2, 0.25) is 0 Å². The summed E-state index contributed by atoms with van der Waals surface area (Å²) in [5.41, 5.74) is 2.06. The van der Waals surface area contributed by atoms with Gasteiger partial charge in [0.15, 0.2) is 0 Å². The molecule has 1 N–H and O–H groups in total. The summed E-state index contributed by atoms with van der Waals surface area (Å²) in [6.07, 6.45) is 3.23. The van der Waals surface area contributed by atoms with Crippen molar-refractivity contribution >= 4 is 17.0 Å². The first-order valence-electron chi connectivity index (χ1n) is 4.04. The normalized spacial score (nSPS) is 10.7. The fourth-order valence-corrected chi connectivity index (χ4v) is 1.31. The summed E-state index contributed by atoms with van der Waals surface area (Å²) in [6.45, 7) is 0. The van der Waals surface area contributed by atoms with Crippen LogP contribution in [-0.2, 0) is 0 Å². The van der Waals surface area contributed by atoms with Crippen LogP contribution in [0.1, 0.15) is 5.69 Å². The van der Waals surface area contributed by atoms with Gasteiger partial charge in [-0.15, -0.1) is 0 Å². The van der Waals surface area contributed by atoms with Gasteiger partial charge in [0.05, 0.1) is 6.07 Å². The Morgan fingerprint density at radius 3 is 2.92 bits per heavy atom. The first-order chi connectivity index (χ1) is 6.40. The van der Waals surface area contributed by atoms with Crippen molar-refractivity contribution in [3.8, 4) is 6.07 Å². The molecule has 2 nitrogen and oxygen atoms in total. The minimum Gasteiger partial charge on any atom is -0.355 e. The number of rotatable bonds is 1. The zero-order chi connectivity index (χ0) is 9.10. The molecule has 1 aromatic heterocycles. The standard InChI is InChI=1S/C11H8N2/c12-7-3-5-10-8-9-4-1-2-6-11(9)13-10/h1-6,8,13H. The molecule has 1 aromatic carbocycles. The Labute approximate surface area is 76.1 Å². The number of H-pyrrole nitrogens is 1. The second-order valence-electron chi connectivity index (χ2n) is 2.77. The van der Waals surface area contributed by atoms with Crippen molar-refractivity contribution < 1.29 is 0 Å². The van der Waals surface area contributed by atoms with E-state index in [2.05, 4.69) is 4.98 Å². The van der Waals surface area contributed by atoms with Crippen LogP contribution in [0.5, 0.6) is 0 Å². The number of para-hydroxylation sites is 1.